The van der Waals surface area contributed by atoms with E-state index in [0.717, 1.165) is 58.0 Å². The Morgan fingerprint density at radius 1 is 1.17 bits per heavy atom. The lowest BCUT2D eigenvalue weighted by Gasteiger charge is -2.58. The van der Waals surface area contributed by atoms with E-state index in [1.165, 1.54) is 5.57 Å². The van der Waals surface area contributed by atoms with E-state index in [9.17, 15) is 9.90 Å². The highest BCUT2D eigenvalue weighted by Gasteiger charge is 2.60. The minimum atomic E-state index is -1.84. The van der Waals surface area contributed by atoms with Gasteiger partial charge in [-0.15, -0.1) is 0 Å². The SMILES string of the molecule is CC(C)(C)[Si](C)(C)OC[C@]12CC[C@H](O)CC1=CC[C@@H]1[C@@H]2CC[C@]2(C)C(=O)CC[C@@H]12. The molecule has 0 aromatic carbocycles. The first-order valence-electron chi connectivity index (χ1n) is 12.0. The number of carbonyl (C=O) groups is 1. The fraction of sp³-hybridized carbons (Fsp3) is 0.880. The van der Waals surface area contributed by atoms with Gasteiger partial charge in [0.1, 0.15) is 5.78 Å². The number of fused-ring (bicyclic) bond motifs is 5. The van der Waals surface area contributed by atoms with Crippen LogP contribution in [0.1, 0.15) is 79.1 Å². The molecule has 0 heterocycles. The molecule has 4 aliphatic rings. The molecule has 164 valence electrons. The number of aliphatic hydroxyl groups excluding tert-OH is 1. The average Bonchev–Trinajstić information content (AvgIpc) is 2.94. The van der Waals surface area contributed by atoms with Gasteiger partial charge in [-0.1, -0.05) is 39.3 Å². The third-order valence-corrected chi connectivity index (χ3v) is 14.5. The van der Waals surface area contributed by atoms with Crippen LogP contribution in [0.5, 0.6) is 0 Å². The first-order chi connectivity index (χ1) is 13.4. The second kappa shape index (κ2) is 7.03. The van der Waals surface area contributed by atoms with Crippen LogP contribution in [0.15, 0.2) is 11.6 Å². The average molecular weight is 419 g/mol. The molecule has 3 fully saturated rings. The number of hydrogen-bond donors (Lipinski definition) is 1. The summed E-state index contributed by atoms with van der Waals surface area (Å²) in [5.74, 6) is 2.29. The number of rotatable bonds is 3. The van der Waals surface area contributed by atoms with E-state index in [-0.39, 0.29) is 22.0 Å². The van der Waals surface area contributed by atoms with Crippen LogP contribution < -0.4 is 0 Å². The van der Waals surface area contributed by atoms with Crippen LogP contribution in [0.25, 0.3) is 0 Å². The van der Waals surface area contributed by atoms with Crippen molar-refractivity contribution in [2.45, 2.75) is 103 Å². The van der Waals surface area contributed by atoms with E-state index >= 15 is 0 Å². The first kappa shape index (κ1) is 21.8. The molecule has 0 aliphatic heterocycles. The number of aliphatic hydroxyl groups is 1. The summed E-state index contributed by atoms with van der Waals surface area (Å²) in [6.45, 7) is 14.7. The van der Waals surface area contributed by atoms with Crippen LogP contribution in [0.3, 0.4) is 0 Å². The second-order valence-corrected chi connectivity index (χ2v) is 17.2. The lowest BCUT2D eigenvalue weighted by atomic mass is 9.47. The predicted molar refractivity (Wildman–Crippen MR) is 120 cm³/mol. The molecule has 0 spiro atoms. The maximum atomic E-state index is 12.7. The zero-order valence-electron chi connectivity index (χ0n) is 19.5. The summed E-state index contributed by atoms with van der Waals surface area (Å²) >= 11 is 0. The van der Waals surface area contributed by atoms with Crippen molar-refractivity contribution in [2.24, 2.45) is 28.6 Å². The van der Waals surface area contributed by atoms with E-state index in [1.54, 1.807) is 0 Å². The van der Waals surface area contributed by atoms with Gasteiger partial charge in [-0.25, -0.2) is 0 Å². The fourth-order valence-electron chi connectivity index (χ4n) is 7.00. The monoisotopic (exact) mass is 418 g/mol. The highest BCUT2D eigenvalue weighted by Crippen LogP contribution is 2.64. The zero-order chi connectivity index (χ0) is 21.2. The van der Waals surface area contributed by atoms with Crippen molar-refractivity contribution in [3.63, 3.8) is 0 Å². The molecule has 0 saturated heterocycles. The van der Waals surface area contributed by atoms with E-state index in [2.05, 4.69) is 46.9 Å². The van der Waals surface area contributed by atoms with E-state index in [4.69, 9.17) is 4.43 Å². The summed E-state index contributed by atoms with van der Waals surface area (Å²) in [6.07, 6.45) is 10.2. The molecule has 0 unspecified atom stereocenters. The summed E-state index contributed by atoms with van der Waals surface area (Å²) < 4.78 is 6.88. The molecular weight excluding hydrogens is 376 g/mol. The Morgan fingerprint density at radius 2 is 1.90 bits per heavy atom. The molecule has 1 N–H and O–H groups in total. The molecule has 4 heteroatoms. The van der Waals surface area contributed by atoms with Gasteiger partial charge >= 0.3 is 0 Å². The van der Waals surface area contributed by atoms with Gasteiger partial charge in [-0.3, -0.25) is 4.79 Å². The molecule has 4 aliphatic carbocycles. The molecule has 0 amide bonds. The molecule has 29 heavy (non-hydrogen) atoms. The maximum Gasteiger partial charge on any atom is 0.192 e. The van der Waals surface area contributed by atoms with Gasteiger partial charge in [0.25, 0.3) is 0 Å². The molecule has 4 rings (SSSR count). The van der Waals surface area contributed by atoms with Crippen LogP contribution in [0, 0.1) is 28.6 Å². The molecule has 0 aromatic rings. The highest BCUT2D eigenvalue weighted by atomic mass is 28.4. The van der Waals surface area contributed by atoms with Crippen LogP contribution in [-0.2, 0) is 9.22 Å². The second-order valence-electron chi connectivity index (χ2n) is 12.4. The van der Waals surface area contributed by atoms with E-state index in [0.29, 0.717) is 23.5 Å². The standard InChI is InChI=1S/C25H42O3Si/c1-23(2,3)29(5,6)28-16-25-14-11-18(26)15-17(25)7-8-19-20-9-10-22(27)24(20,4)13-12-21(19)25/h7,18-21,26H,8-16H2,1-6H3/t18-,19-,20-,21-,24-,25+/m0/s1. The first-order valence-corrected chi connectivity index (χ1v) is 14.9. The van der Waals surface area contributed by atoms with Gasteiger partial charge in [0.05, 0.1) is 6.10 Å². The van der Waals surface area contributed by atoms with Crippen LogP contribution in [0.4, 0.5) is 0 Å². The molecule has 0 radical (unpaired) electrons. The lowest BCUT2D eigenvalue weighted by molar-refractivity contribution is -0.133. The van der Waals surface area contributed by atoms with Crippen molar-refractivity contribution in [2.75, 3.05) is 6.61 Å². The Morgan fingerprint density at radius 3 is 2.59 bits per heavy atom. The van der Waals surface area contributed by atoms with Crippen LogP contribution in [0.2, 0.25) is 18.1 Å². The number of ketones is 1. The Hall–Kier alpha value is -0.453. The van der Waals surface area contributed by atoms with Crippen LogP contribution >= 0.6 is 0 Å². The van der Waals surface area contributed by atoms with Gasteiger partial charge in [0.2, 0.25) is 0 Å². The summed E-state index contributed by atoms with van der Waals surface area (Å²) in [5, 5.41) is 10.6. The fourth-order valence-corrected chi connectivity index (χ4v) is 8.05. The largest absolute Gasteiger partial charge is 0.416 e. The topological polar surface area (TPSA) is 46.5 Å². The minimum absolute atomic E-state index is 0.0812. The van der Waals surface area contributed by atoms with E-state index in [1.807, 2.05) is 0 Å². The molecular formula is C25H42O3Si. The quantitative estimate of drug-likeness (QED) is 0.460. The normalized spacial score (nSPS) is 42.7. The third kappa shape index (κ3) is 3.32. The Bertz CT molecular complexity index is 705. The van der Waals surface area contributed by atoms with Gasteiger partial charge in [-0.2, -0.15) is 0 Å². The highest BCUT2D eigenvalue weighted by molar-refractivity contribution is 6.74. The summed E-state index contributed by atoms with van der Waals surface area (Å²) in [7, 11) is -1.84. The molecule has 6 atom stereocenters. The summed E-state index contributed by atoms with van der Waals surface area (Å²) in [6, 6.07) is 0. The molecule has 3 saturated carbocycles. The Balaban J connectivity index is 1.67. The number of Topliss-reactive ketones (excluding diaryl/α,β-unsaturated/α-hetero) is 1. The lowest BCUT2D eigenvalue weighted by Crippen LogP contribution is -2.55. The van der Waals surface area contributed by atoms with Crippen molar-refractivity contribution in [1.29, 1.82) is 0 Å². The van der Waals surface area contributed by atoms with Gasteiger partial charge < -0.3 is 9.53 Å². The molecule has 0 aromatic heterocycles. The number of allylic oxidation sites excluding steroid dienone is 1. The van der Waals surface area contributed by atoms with Crippen molar-refractivity contribution < 1.29 is 14.3 Å². The van der Waals surface area contributed by atoms with Gasteiger partial charge in [0, 0.05) is 23.9 Å². The predicted octanol–water partition coefficient (Wildman–Crippen LogP) is 5.88. The summed E-state index contributed by atoms with van der Waals surface area (Å²) in [4.78, 5) is 12.7. The minimum Gasteiger partial charge on any atom is -0.416 e. The zero-order valence-corrected chi connectivity index (χ0v) is 20.5. The Kier molecular flexibility index (Phi) is 5.28. The summed E-state index contributed by atoms with van der Waals surface area (Å²) in [5.41, 5.74) is 1.48. The van der Waals surface area contributed by atoms with Crippen molar-refractivity contribution in [3.8, 4) is 0 Å². The molecule has 0 bridgehead atoms. The molecule has 3 nitrogen and oxygen atoms in total. The van der Waals surface area contributed by atoms with Crippen molar-refractivity contribution >= 4 is 14.1 Å². The van der Waals surface area contributed by atoms with E-state index < -0.39 is 8.32 Å². The van der Waals surface area contributed by atoms with Crippen LogP contribution in [-0.4, -0.2) is 31.9 Å². The number of hydrogen-bond acceptors (Lipinski definition) is 3. The Labute approximate surface area is 178 Å². The smallest absolute Gasteiger partial charge is 0.192 e. The van der Waals surface area contributed by atoms with Crippen molar-refractivity contribution in [1.82, 2.24) is 0 Å². The maximum absolute atomic E-state index is 12.7. The third-order valence-electron chi connectivity index (χ3n) is 10.0. The van der Waals surface area contributed by atoms with Gasteiger partial charge in [-0.05, 0) is 80.8 Å². The van der Waals surface area contributed by atoms with Gasteiger partial charge in [0.15, 0.2) is 8.32 Å². The van der Waals surface area contributed by atoms with Crippen molar-refractivity contribution in [3.05, 3.63) is 11.6 Å². The number of carbonyl (C=O) groups excluding carboxylic acids is 1.